The minimum absolute atomic E-state index is 0.0438. The molecule has 96 valence electrons. The summed E-state index contributed by atoms with van der Waals surface area (Å²) >= 11 is 2.70. The second-order valence-electron chi connectivity index (χ2n) is 3.11. The molecule has 1 aromatic heterocycles. The fourth-order valence-electron chi connectivity index (χ4n) is 1.18. The lowest BCUT2D eigenvalue weighted by Gasteiger charge is -2.04. The number of alkyl halides is 3. The third-order valence-electron chi connectivity index (χ3n) is 1.87. The van der Waals surface area contributed by atoms with E-state index in [0.29, 0.717) is 0 Å². The van der Waals surface area contributed by atoms with E-state index in [9.17, 15) is 18.0 Å². The van der Waals surface area contributed by atoms with Crippen molar-refractivity contribution in [2.24, 2.45) is 7.05 Å². The molecule has 0 aliphatic carbocycles. The highest BCUT2D eigenvalue weighted by Gasteiger charge is 2.39. The van der Waals surface area contributed by atoms with Crippen LogP contribution in [-0.2, 0) is 13.2 Å². The smallest absolute Gasteiger partial charge is 0.395 e. The Hall–Kier alpha value is -1.09. The van der Waals surface area contributed by atoms with E-state index < -0.39 is 22.3 Å². The zero-order valence-corrected chi connectivity index (χ0v) is 10.3. The number of rotatable bonds is 3. The lowest BCUT2D eigenvalue weighted by Crippen LogP contribution is -2.28. The molecule has 9 heteroatoms. The number of halogens is 4. The van der Waals surface area contributed by atoms with Gasteiger partial charge in [0.05, 0.1) is 11.1 Å². The second kappa shape index (κ2) is 5.05. The molecule has 1 heterocycles. The molecular weight excluding hydrogens is 307 g/mol. The predicted octanol–water partition coefficient (Wildman–Crippen LogP) is 0.923. The van der Waals surface area contributed by atoms with Gasteiger partial charge in [0.1, 0.15) is 5.69 Å². The number of hydrogen-bond donors (Lipinski definition) is 2. The van der Waals surface area contributed by atoms with Gasteiger partial charge in [-0.05, 0) is 15.9 Å². The molecule has 0 saturated carbocycles. The van der Waals surface area contributed by atoms with Crippen molar-refractivity contribution in [2.45, 2.75) is 6.18 Å². The van der Waals surface area contributed by atoms with Gasteiger partial charge in [-0.3, -0.25) is 9.48 Å². The van der Waals surface area contributed by atoms with Crippen LogP contribution < -0.4 is 5.32 Å². The molecule has 0 atom stereocenters. The van der Waals surface area contributed by atoms with Crippen LogP contribution in [0.4, 0.5) is 13.2 Å². The summed E-state index contributed by atoms with van der Waals surface area (Å²) in [5, 5.41) is 14.0. The van der Waals surface area contributed by atoms with Crippen LogP contribution in [0.2, 0.25) is 0 Å². The first kappa shape index (κ1) is 14.0. The average Bonchev–Trinajstić information content (AvgIpc) is 2.50. The minimum atomic E-state index is -4.63. The maximum Gasteiger partial charge on any atom is 0.436 e. The fraction of sp³-hybridized carbons (Fsp3) is 0.500. The lowest BCUT2D eigenvalue weighted by atomic mass is 10.3. The van der Waals surface area contributed by atoms with E-state index in [1.807, 2.05) is 0 Å². The van der Waals surface area contributed by atoms with Crippen molar-refractivity contribution in [3.63, 3.8) is 0 Å². The summed E-state index contributed by atoms with van der Waals surface area (Å²) in [6, 6.07) is 0. The number of aromatic nitrogens is 2. The van der Waals surface area contributed by atoms with E-state index in [1.165, 1.54) is 7.05 Å². The third kappa shape index (κ3) is 2.97. The number of aliphatic hydroxyl groups excluding tert-OH is 1. The second-order valence-corrected chi connectivity index (χ2v) is 3.91. The zero-order valence-electron chi connectivity index (χ0n) is 8.68. The van der Waals surface area contributed by atoms with Crippen molar-refractivity contribution < 1.29 is 23.1 Å². The standard InChI is InChI=1S/C8H9BrF3N3O2/c1-15-5(7(17)13-2-3-16)4(9)6(14-15)8(10,11)12/h16H,2-3H2,1H3,(H,13,17). The maximum absolute atomic E-state index is 12.5. The first-order valence-corrected chi connectivity index (χ1v) is 5.27. The highest BCUT2D eigenvalue weighted by atomic mass is 79.9. The van der Waals surface area contributed by atoms with Gasteiger partial charge in [-0.2, -0.15) is 18.3 Å². The molecule has 2 N–H and O–H groups in total. The van der Waals surface area contributed by atoms with Crippen molar-refractivity contribution in [2.75, 3.05) is 13.2 Å². The summed E-state index contributed by atoms with van der Waals surface area (Å²) in [6.07, 6.45) is -4.63. The molecule has 0 radical (unpaired) electrons. The van der Waals surface area contributed by atoms with Crippen LogP contribution in [-0.4, -0.2) is 33.9 Å². The van der Waals surface area contributed by atoms with Gasteiger partial charge in [0.15, 0.2) is 5.69 Å². The van der Waals surface area contributed by atoms with Crippen molar-refractivity contribution in [3.8, 4) is 0 Å². The first-order valence-electron chi connectivity index (χ1n) is 4.47. The number of nitrogens with zero attached hydrogens (tertiary/aromatic N) is 2. The summed E-state index contributed by atoms with van der Waals surface area (Å²) in [7, 11) is 1.23. The van der Waals surface area contributed by atoms with Crippen LogP contribution in [0.15, 0.2) is 4.47 Å². The number of carbonyl (C=O) groups excluding carboxylic acids is 1. The number of aryl methyl sites for hydroxylation is 1. The molecule has 0 saturated heterocycles. The average molecular weight is 316 g/mol. The minimum Gasteiger partial charge on any atom is -0.395 e. The van der Waals surface area contributed by atoms with Crippen LogP contribution >= 0.6 is 15.9 Å². The predicted molar refractivity (Wildman–Crippen MR) is 55.3 cm³/mol. The fourth-order valence-corrected chi connectivity index (χ4v) is 1.92. The maximum atomic E-state index is 12.5. The van der Waals surface area contributed by atoms with Crippen LogP contribution in [0.25, 0.3) is 0 Å². The topological polar surface area (TPSA) is 67.2 Å². The monoisotopic (exact) mass is 315 g/mol. The Bertz CT molecular complexity index is 430. The van der Waals surface area contributed by atoms with Crippen molar-refractivity contribution >= 4 is 21.8 Å². The molecule has 0 spiro atoms. The largest absolute Gasteiger partial charge is 0.436 e. The molecule has 0 fully saturated rings. The van der Waals surface area contributed by atoms with Crippen LogP contribution in [0.1, 0.15) is 16.2 Å². The van der Waals surface area contributed by atoms with E-state index in [-0.39, 0.29) is 18.8 Å². The summed E-state index contributed by atoms with van der Waals surface area (Å²) in [5.41, 5.74) is -1.40. The molecule has 0 bridgehead atoms. The van der Waals surface area contributed by atoms with Crippen LogP contribution in [0.5, 0.6) is 0 Å². The summed E-state index contributed by atoms with van der Waals surface area (Å²) in [5.74, 6) is -0.739. The quantitative estimate of drug-likeness (QED) is 0.871. The van der Waals surface area contributed by atoms with E-state index in [2.05, 4.69) is 26.3 Å². The number of aliphatic hydroxyl groups is 1. The van der Waals surface area contributed by atoms with Crippen molar-refractivity contribution in [1.29, 1.82) is 0 Å². The molecule has 1 rings (SSSR count). The van der Waals surface area contributed by atoms with Gasteiger partial charge in [0.2, 0.25) is 0 Å². The van der Waals surface area contributed by atoms with Crippen LogP contribution in [0.3, 0.4) is 0 Å². The molecule has 5 nitrogen and oxygen atoms in total. The van der Waals surface area contributed by atoms with Crippen LogP contribution in [0, 0.1) is 0 Å². The van der Waals surface area contributed by atoms with Crippen molar-refractivity contribution in [1.82, 2.24) is 15.1 Å². The molecular formula is C8H9BrF3N3O2. The molecule has 1 aromatic rings. The SMILES string of the molecule is Cn1nc(C(F)(F)F)c(Br)c1C(=O)NCCO. The van der Waals surface area contributed by atoms with Gasteiger partial charge in [-0.1, -0.05) is 0 Å². The van der Waals surface area contributed by atoms with Crippen molar-refractivity contribution in [3.05, 3.63) is 15.9 Å². The molecule has 0 aliphatic rings. The van der Waals surface area contributed by atoms with Gasteiger partial charge >= 0.3 is 6.18 Å². The number of carbonyl (C=O) groups is 1. The number of hydrogen-bond acceptors (Lipinski definition) is 3. The summed E-state index contributed by atoms with van der Waals surface area (Å²) in [4.78, 5) is 11.5. The molecule has 0 aliphatic heterocycles. The van der Waals surface area contributed by atoms with Gasteiger partial charge in [-0.25, -0.2) is 0 Å². The third-order valence-corrected chi connectivity index (χ3v) is 2.62. The normalized spacial score (nSPS) is 11.6. The first-order chi connectivity index (χ1) is 7.79. The zero-order chi connectivity index (χ0) is 13.2. The molecule has 0 aromatic carbocycles. The lowest BCUT2D eigenvalue weighted by molar-refractivity contribution is -0.142. The molecule has 17 heavy (non-hydrogen) atoms. The summed E-state index contributed by atoms with van der Waals surface area (Å²) < 4.78 is 37.9. The van der Waals surface area contributed by atoms with E-state index in [0.717, 1.165) is 4.68 Å². The molecule has 1 amide bonds. The van der Waals surface area contributed by atoms with Gasteiger partial charge in [-0.15, -0.1) is 0 Å². The highest BCUT2D eigenvalue weighted by molar-refractivity contribution is 9.10. The summed E-state index contributed by atoms with van der Waals surface area (Å²) in [6.45, 7) is -0.342. The Labute approximate surface area is 103 Å². The Morgan fingerprint density at radius 3 is 2.59 bits per heavy atom. The Morgan fingerprint density at radius 2 is 2.18 bits per heavy atom. The van der Waals surface area contributed by atoms with Gasteiger partial charge < -0.3 is 10.4 Å². The Balaban J connectivity index is 3.10. The van der Waals surface area contributed by atoms with Gasteiger partial charge in [0, 0.05) is 13.6 Å². The van der Waals surface area contributed by atoms with Gasteiger partial charge in [0.25, 0.3) is 5.91 Å². The Kier molecular flexibility index (Phi) is 4.15. The van der Waals surface area contributed by atoms with E-state index in [1.54, 1.807) is 0 Å². The van der Waals surface area contributed by atoms with E-state index in [4.69, 9.17) is 5.11 Å². The Morgan fingerprint density at radius 1 is 1.59 bits per heavy atom. The number of amides is 1. The van der Waals surface area contributed by atoms with E-state index >= 15 is 0 Å². The highest BCUT2D eigenvalue weighted by Crippen LogP contribution is 2.35. The number of nitrogens with one attached hydrogen (secondary N) is 1. The molecule has 0 unspecified atom stereocenters.